The summed E-state index contributed by atoms with van der Waals surface area (Å²) in [5.41, 5.74) is 5.77. The van der Waals surface area contributed by atoms with Gasteiger partial charge in [0.05, 0.1) is 12.4 Å². The summed E-state index contributed by atoms with van der Waals surface area (Å²) in [7, 11) is 0. The van der Waals surface area contributed by atoms with Gasteiger partial charge in [0, 0.05) is 6.54 Å². The lowest BCUT2D eigenvalue weighted by Crippen LogP contribution is -2.29. The van der Waals surface area contributed by atoms with E-state index in [0.717, 1.165) is 12.5 Å². The van der Waals surface area contributed by atoms with Crippen LogP contribution in [0.15, 0.2) is 12.4 Å². The second kappa shape index (κ2) is 5.12. The number of hydrogen-bond acceptors (Lipinski definition) is 4. The van der Waals surface area contributed by atoms with Crippen molar-refractivity contribution in [3.05, 3.63) is 18.1 Å². The molecule has 1 aromatic heterocycles. The summed E-state index contributed by atoms with van der Waals surface area (Å²) < 4.78 is 0. The second-order valence-electron chi connectivity index (χ2n) is 4.82. The van der Waals surface area contributed by atoms with Gasteiger partial charge in [0.25, 0.3) is 5.91 Å². The van der Waals surface area contributed by atoms with E-state index >= 15 is 0 Å². The quantitative estimate of drug-likeness (QED) is 0.824. The van der Waals surface area contributed by atoms with Gasteiger partial charge in [-0.05, 0) is 24.7 Å². The summed E-state index contributed by atoms with van der Waals surface area (Å²) in [5.74, 6) is 1.46. The zero-order valence-electron chi connectivity index (χ0n) is 10.0. The van der Waals surface area contributed by atoms with Gasteiger partial charge in [0.15, 0.2) is 0 Å². The minimum absolute atomic E-state index is 0.190. The Morgan fingerprint density at radius 1 is 1.53 bits per heavy atom. The zero-order chi connectivity index (χ0) is 12.3. The molecule has 1 aliphatic rings. The molecule has 1 heterocycles. The maximum atomic E-state index is 11.8. The third kappa shape index (κ3) is 3.15. The standard InChI is InChI=1S/C12H18N4O/c1-8-2-3-9(4-8)5-15-12(17)10-6-14-7-11(13)16-10/h6-9H,2-5H2,1H3,(H2,13,16)(H,15,17). The highest BCUT2D eigenvalue weighted by atomic mass is 16.1. The molecule has 1 amide bonds. The summed E-state index contributed by atoms with van der Waals surface area (Å²) in [6.45, 7) is 2.98. The van der Waals surface area contributed by atoms with Crippen molar-refractivity contribution in [2.24, 2.45) is 11.8 Å². The monoisotopic (exact) mass is 234 g/mol. The first-order valence-electron chi connectivity index (χ1n) is 6.01. The van der Waals surface area contributed by atoms with Crippen LogP contribution in [0.25, 0.3) is 0 Å². The van der Waals surface area contributed by atoms with Crippen molar-refractivity contribution in [1.82, 2.24) is 15.3 Å². The predicted molar refractivity (Wildman–Crippen MR) is 65.3 cm³/mol. The fourth-order valence-electron chi connectivity index (χ4n) is 2.33. The van der Waals surface area contributed by atoms with E-state index in [1.807, 2.05) is 0 Å². The minimum Gasteiger partial charge on any atom is -0.382 e. The number of hydrogen-bond donors (Lipinski definition) is 2. The molecule has 1 aliphatic carbocycles. The second-order valence-corrected chi connectivity index (χ2v) is 4.82. The summed E-state index contributed by atoms with van der Waals surface area (Å²) in [6.07, 6.45) is 6.52. The molecule has 3 N–H and O–H groups in total. The van der Waals surface area contributed by atoms with Gasteiger partial charge in [-0.15, -0.1) is 0 Å². The van der Waals surface area contributed by atoms with Gasteiger partial charge in [-0.2, -0.15) is 0 Å². The molecule has 0 radical (unpaired) electrons. The highest BCUT2D eigenvalue weighted by Gasteiger charge is 2.21. The van der Waals surface area contributed by atoms with Crippen LogP contribution in [0.3, 0.4) is 0 Å². The molecule has 0 bridgehead atoms. The third-order valence-corrected chi connectivity index (χ3v) is 3.24. The summed E-state index contributed by atoms with van der Waals surface area (Å²) in [6, 6.07) is 0. The average molecular weight is 234 g/mol. The first kappa shape index (κ1) is 11.8. The summed E-state index contributed by atoms with van der Waals surface area (Å²) >= 11 is 0. The van der Waals surface area contributed by atoms with E-state index in [0.29, 0.717) is 5.92 Å². The van der Waals surface area contributed by atoms with E-state index in [9.17, 15) is 4.79 Å². The van der Waals surface area contributed by atoms with E-state index < -0.39 is 0 Å². The molecule has 5 nitrogen and oxygen atoms in total. The number of anilines is 1. The maximum absolute atomic E-state index is 11.8. The minimum atomic E-state index is -0.190. The van der Waals surface area contributed by atoms with Crippen molar-refractivity contribution in [1.29, 1.82) is 0 Å². The van der Waals surface area contributed by atoms with E-state index in [1.54, 1.807) is 0 Å². The number of aromatic nitrogens is 2. The first-order chi connectivity index (χ1) is 8.15. The van der Waals surface area contributed by atoms with Crippen LogP contribution in [-0.4, -0.2) is 22.4 Å². The molecular formula is C12H18N4O. The van der Waals surface area contributed by atoms with Gasteiger partial charge in [-0.25, -0.2) is 4.98 Å². The number of carbonyl (C=O) groups is 1. The van der Waals surface area contributed by atoms with Gasteiger partial charge in [0.2, 0.25) is 0 Å². The lowest BCUT2D eigenvalue weighted by Gasteiger charge is -2.10. The van der Waals surface area contributed by atoms with E-state index in [1.165, 1.54) is 31.7 Å². The number of nitrogens with two attached hydrogens (primary N) is 1. The molecule has 17 heavy (non-hydrogen) atoms. The van der Waals surface area contributed by atoms with Crippen LogP contribution in [0.5, 0.6) is 0 Å². The van der Waals surface area contributed by atoms with Crippen molar-refractivity contribution < 1.29 is 4.79 Å². The number of carbonyl (C=O) groups excluding carboxylic acids is 1. The smallest absolute Gasteiger partial charge is 0.271 e. The van der Waals surface area contributed by atoms with E-state index in [2.05, 4.69) is 22.2 Å². The Balaban J connectivity index is 1.85. The van der Waals surface area contributed by atoms with E-state index in [4.69, 9.17) is 5.73 Å². The van der Waals surface area contributed by atoms with Crippen molar-refractivity contribution in [3.63, 3.8) is 0 Å². The zero-order valence-corrected chi connectivity index (χ0v) is 10.0. The first-order valence-corrected chi connectivity index (χ1v) is 6.01. The predicted octanol–water partition coefficient (Wildman–Crippen LogP) is 1.22. The molecule has 0 saturated heterocycles. The highest BCUT2D eigenvalue weighted by molar-refractivity contribution is 5.92. The van der Waals surface area contributed by atoms with Gasteiger partial charge in [0.1, 0.15) is 11.5 Å². The molecule has 2 rings (SSSR count). The van der Waals surface area contributed by atoms with Crippen LogP contribution in [0, 0.1) is 11.8 Å². The van der Waals surface area contributed by atoms with Crippen LogP contribution < -0.4 is 11.1 Å². The molecule has 2 unspecified atom stereocenters. The number of amides is 1. The Morgan fingerprint density at radius 2 is 2.35 bits per heavy atom. The molecule has 0 aliphatic heterocycles. The number of nitrogens with one attached hydrogen (secondary N) is 1. The molecule has 1 aromatic rings. The number of rotatable bonds is 3. The lowest BCUT2D eigenvalue weighted by atomic mass is 10.1. The third-order valence-electron chi connectivity index (χ3n) is 3.24. The Bertz CT molecular complexity index is 407. The summed E-state index contributed by atoms with van der Waals surface area (Å²) in [4.78, 5) is 19.6. The molecule has 5 heteroatoms. The fourth-order valence-corrected chi connectivity index (χ4v) is 2.33. The van der Waals surface area contributed by atoms with Gasteiger partial charge in [-0.1, -0.05) is 13.3 Å². The van der Waals surface area contributed by atoms with E-state index in [-0.39, 0.29) is 17.4 Å². The highest BCUT2D eigenvalue weighted by Crippen LogP contribution is 2.29. The van der Waals surface area contributed by atoms with Crippen LogP contribution in [0.4, 0.5) is 5.82 Å². The van der Waals surface area contributed by atoms with Crippen LogP contribution in [0.1, 0.15) is 36.7 Å². The molecule has 2 atom stereocenters. The summed E-state index contributed by atoms with van der Waals surface area (Å²) in [5, 5.41) is 2.89. The number of nitrogen functional groups attached to an aromatic ring is 1. The van der Waals surface area contributed by atoms with Crippen LogP contribution >= 0.6 is 0 Å². The van der Waals surface area contributed by atoms with Gasteiger partial charge >= 0.3 is 0 Å². The average Bonchev–Trinajstić information content (AvgIpc) is 2.72. The van der Waals surface area contributed by atoms with Crippen LogP contribution in [-0.2, 0) is 0 Å². The molecule has 92 valence electrons. The Morgan fingerprint density at radius 3 is 3.00 bits per heavy atom. The fraction of sp³-hybridized carbons (Fsp3) is 0.583. The molecule has 0 spiro atoms. The Labute approximate surface area is 101 Å². The molecule has 1 saturated carbocycles. The molecule has 0 aromatic carbocycles. The van der Waals surface area contributed by atoms with Crippen molar-refractivity contribution in [2.45, 2.75) is 26.2 Å². The van der Waals surface area contributed by atoms with Gasteiger partial charge in [-0.3, -0.25) is 9.78 Å². The topological polar surface area (TPSA) is 80.9 Å². The Hall–Kier alpha value is -1.65. The largest absolute Gasteiger partial charge is 0.382 e. The van der Waals surface area contributed by atoms with Crippen molar-refractivity contribution in [2.75, 3.05) is 12.3 Å². The van der Waals surface area contributed by atoms with Crippen molar-refractivity contribution >= 4 is 11.7 Å². The maximum Gasteiger partial charge on any atom is 0.271 e. The van der Waals surface area contributed by atoms with Crippen LogP contribution in [0.2, 0.25) is 0 Å². The molecular weight excluding hydrogens is 216 g/mol. The SMILES string of the molecule is CC1CCC(CNC(=O)c2cncc(N)n2)C1. The Kier molecular flexibility index (Phi) is 3.56. The number of nitrogens with zero attached hydrogens (tertiary/aromatic N) is 2. The van der Waals surface area contributed by atoms with Crippen molar-refractivity contribution in [3.8, 4) is 0 Å². The lowest BCUT2D eigenvalue weighted by molar-refractivity contribution is 0.0942. The normalized spacial score (nSPS) is 23.6. The van der Waals surface area contributed by atoms with Gasteiger partial charge < -0.3 is 11.1 Å². The molecule has 1 fully saturated rings.